The fourth-order valence-corrected chi connectivity index (χ4v) is 10.2. The second-order valence-electron chi connectivity index (χ2n) is 6.20. The molecule has 2 aliphatic rings. The third-order valence-corrected chi connectivity index (χ3v) is 10.4. The van der Waals surface area contributed by atoms with Crippen molar-refractivity contribution in [2.45, 2.75) is 88.1 Å². The van der Waals surface area contributed by atoms with Gasteiger partial charge in [0.15, 0.2) is 9.04 Å². The van der Waals surface area contributed by atoms with Gasteiger partial charge >= 0.3 is 0 Å². The molecule has 0 N–H and O–H groups in total. The molecule has 1 nitrogen and oxygen atoms in total. The third kappa shape index (κ3) is 4.21. The molecule has 0 unspecified atom stereocenters. The van der Waals surface area contributed by atoms with Gasteiger partial charge in [-0.3, -0.25) is 0 Å². The number of hydrogen-bond donors (Lipinski definition) is 0. The van der Waals surface area contributed by atoms with Gasteiger partial charge in [0, 0.05) is 0 Å². The van der Waals surface area contributed by atoms with Gasteiger partial charge in [-0.25, -0.2) is 0 Å². The van der Waals surface area contributed by atoms with Crippen LogP contribution in [0.5, 0.6) is 0 Å². The highest BCUT2D eigenvalue weighted by Gasteiger charge is 2.31. The fourth-order valence-electron chi connectivity index (χ4n) is 4.05. The maximum Gasteiger partial charge on any atom is 0.168 e. The van der Waals surface area contributed by atoms with Crippen LogP contribution >= 0.6 is 0 Å². The maximum atomic E-state index is 6.22. The second kappa shape index (κ2) is 7.75. The van der Waals surface area contributed by atoms with E-state index in [0.29, 0.717) is 0 Å². The van der Waals surface area contributed by atoms with Crippen LogP contribution in [0.3, 0.4) is 0 Å². The van der Waals surface area contributed by atoms with Gasteiger partial charge in [0.25, 0.3) is 0 Å². The summed E-state index contributed by atoms with van der Waals surface area (Å²) >= 11 is 0. The minimum Gasteiger partial charge on any atom is -0.465 e. The first-order chi connectivity index (χ1) is 8.42. The molecule has 17 heavy (non-hydrogen) atoms. The van der Waals surface area contributed by atoms with E-state index in [9.17, 15) is 0 Å². The van der Waals surface area contributed by atoms with Crippen molar-refractivity contribution < 1.29 is 4.12 Å². The van der Waals surface area contributed by atoms with Crippen LogP contribution in [0.15, 0.2) is 0 Å². The maximum absolute atomic E-state index is 6.22. The molecule has 2 rings (SSSR count). The summed E-state index contributed by atoms with van der Waals surface area (Å²) in [5, 5.41) is 0. The fraction of sp³-hybridized carbons (Fsp3) is 1.00. The molecule has 0 aromatic heterocycles. The summed E-state index contributed by atoms with van der Waals surface area (Å²) in [6.07, 6.45) is 18.0. The van der Waals surface area contributed by atoms with E-state index >= 15 is 0 Å². The molecule has 0 heterocycles. The van der Waals surface area contributed by atoms with Gasteiger partial charge in [-0.1, -0.05) is 77.0 Å². The summed E-state index contributed by atoms with van der Waals surface area (Å²) in [5.74, 6) is 0. The molecule has 0 aromatic carbocycles. The Morgan fingerprint density at radius 2 is 1.00 bits per heavy atom. The molecular formula is C14H30OSi2. The summed E-state index contributed by atoms with van der Waals surface area (Å²) in [7, 11) is 0.127. The van der Waals surface area contributed by atoms with Gasteiger partial charge in [-0.2, -0.15) is 0 Å². The first kappa shape index (κ1) is 13.8. The summed E-state index contributed by atoms with van der Waals surface area (Å²) in [6, 6.07) is 0. The zero-order chi connectivity index (χ0) is 11.9. The van der Waals surface area contributed by atoms with Crippen molar-refractivity contribution in [3.05, 3.63) is 0 Å². The van der Waals surface area contributed by atoms with Gasteiger partial charge in [-0.05, 0) is 11.1 Å². The lowest BCUT2D eigenvalue weighted by atomic mass is 10.2. The summed E-state index contributed by atoms with van der Waals surface area (Å²) < 4.78 is 6.22. The van der Waals surface area contributed by atoms with Crippen molar-refractivity contribution in [3.63, 3.8) is 0 Å². The van der Waals surface area contributed by atoms with Gasteiger partial charge in [0.2, 0.25) is 0 Å². The van der Waals surface area contributed by atoms with E-state index < -0.39 is 9.04 Å². The average Bonchev–Trinajstić information content (AvgIpc) is 2.75. The van der Waals surface area contributed by atoms with Crippen molar-refractivity contribution in [2.24, 2.45) is 0 Å². The van der Waals surface area contributed by atoms with Gasteiger partial charge < -0.3 is 4.12 Å². The Morgan fingerprint density at radius 1 is 0.647 bits per heavy atom. The molecule has 0 aromatic rings. The molecule has 0 atom stereocenters. The Hall–Kier alpha value is 0.394. The number of rotatable bonds is 3. The molecule has 0 amide bonds. The highest BCUT2D eigenvalue weighted by atomic mass is 28.3. The van der Waals surface area contributed by atoms with E-state index in [4.69, 9.17) is 4.12 Å². The molecule has 0 aliphatic heterocycles. The van der Waals surface area contributed by atoms with E-state index in [-0.39, 0.29) is 0 Å². The lowest BCUT2D eigenvalue weighted by Gasteiger charge is -2.30. The van der Waals surface area contributed by atoms with Gasteiger partial charge in [0.05, 0.1) is 0 Å². The first-order valence-corrected chi connectivity index (χ1v) is 10.6. The van der Waals surface area contributed by atoms with Crippen molar-refractivity contribution in [3.8, 4) is 0 Å². The predicted octanol–water partition coefficient (Wildman–Crippen LogP) is 3.46. The first-order valence-electron chi connectivity index (χ1n) is 7.94. The SMILES string of the molecule is [SiH3]O[SiH](C1CCCCCC1)C1CCCCCC1. The number of hydrogen-bond acceptors (Lipinski definition) is 1. The highest BCUT2D eigenvalue weighted by molar-refractivity contribution is 6.58. The average molecular weight is 271 g/mol. The van der Waals surface area contributed by atoms with Gasteiger partial charge in [-0.15, -0.1) is 0 Å². The van der Waals surface area contributed by atoms with Crippen LogP contribution in [0, 0.1) is 0 Å². The second-order valence-corrected chi connectivity index (χ2v) is 10.9. The van der Waals surface area contributed by atoms with Gasteiger partial charge in [0.1, 0.15) is 10.5 Å². The summed E-state index contributed by atoms with van der Waals surface area (Å²) in [4.78, 5) is 0. The Bertz CT molecular complexity index is 174. The van der Waals surface area contributed by atoms with Crippen molar-refractivity contribution in [1.29, 1.82) is 0 Å². The topological polar surface area (TPSA) is 9.23 Å². The standard InChI is InChI=1S/C14H30OSi2/c16-15-17(13-9-5-1-2-6-10-13)14-11-7-3-4-8-12-14/h13-14,17H,1-12H2,16H3. The van der Waals surface area contributed by atoms with Crippen LogP contribution in [0.1, 0.15) is 77.0 Å². The Morgan fingerprint density at radius 3 is 1.29 bits per heavy atom. The Balaban J connectivity index is 1.92. The van der Waals surface area contributed by atoms with Crippen molar-refractivity contribution in [2.75, 3.05) is 0 Å². The molecule has 0 saturated heterocycles. The minimum absolute atomic E-state index is 0.872. The Labute approximate surface area is 112 Å². The highest BCUT2D eigenvalue weighted by Crippen LogP contribution is 2.40. The molecule has 2 aliphatic carbocycles. The largest absolute Gasteiger partial charge is 0.465 e. The monoisotopic (exact) mass is 270 g/mol. The van der Waals surface area contributed by atoms with E-state index in [1.807, 2.05) is 0 Å². The van der Waals surface area contributed by atoms with Crippen molar-refractivity contribution >= 4 is 19.5 Å². The quantitative estimate of drug-likeness (QED) is 0.564. The molecule has 2 saturated carbocycles. The van der Waals surface area contributed by atoms with Crippen LogP contribution in [0.25, 0.3) is 0 Å². The van der Waals surface area contributed by atoms with Crippen molar-refractivity contribution in [1.82, 2.24) is 0 Å². The van der Waals surface area contributed by atoms with E-state index in [1.165, 1.54) is 77.0 Å². The van der Waals surface area contributed by atoms with Crippen LogP contribution < -0.4 is 0 Å². The molecule has 3 heteroatoms. The smallest absolute Gasteiger partial charge is 0.168 e. The molecule has 0 spiro atoms. The molecule has 2 fully saturated rings. The normalized spacial score (nSPS) is 25.9. The molecule has 100 valence electrons. The molecule has 0 radical (unpaired) electrons. The summed E-state index contributed by atoms with van der Waals surface area (Å²) in [6.45, 7) is 0. The zero-order valence-corrected chi connectivity index (χ0v) is 14.8. The lowest BCUT2D eigenvalue weighted by Crippen LogP contribution is -2.30. The van der Waals surface area contributed by atoms with E-state index in [2.05, 4.69) is 0 Å². The predicted molar refractivity (Wildman–Crippen MR) is 81.1 cm³/mol. The molecular weight excluding hydrogens is 240 g/mol. The van der Waals surface area contributed by atoms with Crippen LogP contribution in [0.2, 0.25) is 11.1 Å². The van der Waals surface area contributed by atoms with E-state index in [0.717, 1.165) is 21.6 Å². The summed E-state index contributed by atoms with van der Waals surface area (Å²) in [5.41, 5.74) is 2.08. The molecule has 0 bridgehead atoms. The van der Waals surface area contributed by atoms with E-state index in [1.54, 1.807) is 0 Å². The third-order valence-electron chi connectivity index (χ3n) is 5.00. The zero-order valence-electron chi connectivity index (χ0n) is 11.6. The van der Waals surface area contributed by atoms with Crippen LogP contribution in [0.4, 0.5) is 0 Å². The lowest BCUT2D eigenvalue weighted by molar-refractivity contribution is 0.508. The minimum atomic E-state index is -0.872. The van der Waals surface area contributed by atoms with Crippen LogP contribution in [-0.2, 0) is 4.12 Å². The Kier molecular flexibility index (Phi) is 6.30. The van der Waals surface area contributed by atoms with Crippen LogP contribution in [-0.4, -0.2) is 19.5 Å².